The Labute approximate surface area is 87.8 Å². The molecular weight excluding hydrogens is 174 g/mol. The molecule has 0 bridgehead atoms. The van der Waals surface area contributed by atoms with Crippen LogP contribution in [0.1, 0.15) is 13.8 Å². The Morgan fingerprint density at radius 1 is 1.57 bits per heavy atom. The van der Waals surface area contributed by atoms with Gasteiger partial charge in [-0.15, -0.1) is 0 Å². The molecule has 0 aromatic heterocycles. The second-order valence-corrected chi connectivity index (χ2v) is 4.40. The average molecular weight is 197 g/mol. The summed E-state index contributed by atoms with van der Waals surface area (Å²) < 4.78 is 0. The summed E-state index contributed by atoms with van der Waals surface area (Å²) in [5.41, 5.74) is 1.22. The highest BCUT2D eigenvalue weighted by Crippen LogP contribution is 2.14. The molecule has 1 unspecified atom stereocenters. The van der Waals surface area contributed by atoms with Crippen molar-refractivity contribution in [2.45, 2.75) is 25.9 Å². The molecule has 1 rings (SSSR count). The number of piperazine rings is 1. The number of nitrogens with zero attached hydrogens (tertiary/aromatic N) is 2. The standard InChI is InChI=1S/C11H23N3/c1-9(2)14(5)10(3)11-8-12-6-7-13(11)4/h9,11-12H,3,6-8H2,1-2,4-5H3. The lowest BCUT2D eigenvalue weighted by molar-refractivity contribution is 0.183. The van der Waals surface area contributed by atoms with Crippen LogP contribution in [0.15, 0.2) is 12.3 Å². The van der Waals surface area contributed by atoms with E-state index >= 15 is 0 Å². The van der Waals surface area contributed by atoms with Crippen LogP contribution in [0.25, 0.3) is 0 Å². The molecule has 1 saturated heterocycles. The van der Waals surface area contributed by atoms with Crippen LogP contribution in [0.3, 0.4) is 0 Å². The van der Waals surface area contributed by atoms with E-state index < -0.39 is 0 Å². The summed E-state index contributed by atoms with van der Waals surface area (Å²) in [4.78, 5) is 4.63. The predicted octanol–water partition coefficient (Wildman–Crippen LogP) is 0.744. The molecule has 3 nitrogen and oxygen atoms in total. The quantitative estimate of drug-likeness (QED) is 0.720. The summed E-state index contributed by atoms with van der Waals surface area (Å²) in [7, 11) is 4.29. The topological polar surface area (TPSA) is 18.5 Å². The minimum Gasteiger partial charge on any atom is -0.375 e. The van der Waals surface area contributed by atoms with Gasteiger partial charge in [0.2, 0.25) is 0 Å². The van der Waals surface area contributed by atoms with E-state index in [0.29, 0.717) is 12.1 Å². The van der Waals surface area contributed by atoms with Gasteiger partial charge in [-0.1, -0.05) is 6.58 Å². The Bertz CT molecular complexity index is 201. The van der Waals surface area contributed by atoms with Crippen molar-refractivity contribution in [1.82, 2.24) is 15.1 Å². The number of hydrogen-bond acceptors (Lipinski definition) is 3. The lowest BCUT2D eigenvalue weighted by Crippen LogP contribution is -2.52. The molecule has 14 heavy (non-hydrogen) atoms. The molecule has 0 aromatic rings. The first kappa shape index (κ1) is 11.5. The lowest BCUT2D eigenvalue weighted by atomic mass is 10.1. The van der Waals surface area contributed by atoms with Crippen molar-refractivity contribution in [2.24, 2.45) is 0 Å². The maximum absolute atomic E-state index is 4.19. The fourth-order valence-electron chi connectivity index (χ4n) is 1.74. The Morgan fingerprint density at radius 2 is 2.21 bits per heavy atom. The number of likely N-dealkylation sites (N-methyl/N-ethyl adjacent to an activating group) is 2. The van der Waals surface area contributed by atoms with Gasteiger partial charge in [0.05, 0.1) is 6.04 Å². The lowest BCUT2D eigenvalue weighted by Gasteiger charge is -2.39. The molecule has 1 aliphatic rings. The highest BCUT2D eigenvalue weighted by atomic mass is 15.3. The highest BCUT2D eigenvalue weighted by Gasteiger charge is 2.23. The van der Waals surface area contributed by atoms with Gasteiger partial charge >= 0.3 is 0 Å². The summed E-state index contributed by atoms with van der Waals surface area (Å²) in [6, 6.07) is 0.981. The number of rotatable bonds is 3. The molecule has 1 atom stereocenters. The van der Waals surface area contributed by atoms with Gasteiger partial charge in [-0.05, 0) is 20.9 Å². The molecule has 1 N–H and O–H groups in total. The summed E-state index contributed by atoms with van der Waals surface area (Å²) in [5, 5.41) is 3.41. The maximum atomic E-state index is 4.19. The van der Waals surface area contributed by atoms with Gasteiger partial charge in [0.25, 0.3) is 0 Å². The molecule has 0 spiro atoms. The van der Waals surface area contributed by atoms with Crippen molar-refractivity contribution >= 4 is 0 Å². The molecule has 82 valence electrons. The molecule has 1 aliphatic heterocycles. The zero-order valence-corrected chi connectivity index (χ0v) is 9.88. The predicted molar refractivity (Wildman–Crippen MR) is 61.3 cm³/mol. The van der Waals surface area contributed by atoms with Crippen LogP contribution in [0.4, 0.5) is 0 Å². The second kappa shape index (κ2) is 4.80. The van der Waals surface area contributed by atoms with Crippen molar-refractivity contribution < 1.29 is 0 Å². The molecule has 3 heteroatoms. The molecule has 0 radical (unpaired) electrons. The first-order valence-electron chi connectivity index (χ1n) is 5.36. The normalized spacial score (nSPS) is 23.9. The number of hydrogen-bond donors (Lipinski definition) is 1. The van der Waals surface area contributed by atoms with Crippen LogP contribution in [-0.4, -0.2) is 55.6 Å². The largest absolute Gasteiger partial charge is 0.375 e. The minimum absolute atomic E-state index is 0.455. The fourth-order valence-corrected chi connectivity index (χ4v) is 1.74. The van der Waals surface area contributed by atoms with Crippen LogP contribution in [-0.2, 0) is 0 Å². The van der Waals surface area contributed by atoms with E-state index in [1.165, 1.54) is 5.70 Å². The third-order valence-electron chi connectivity index (χ3n) is 3.12. The average Bonchev–Trinajstić information content (AvgIpc) is 2.16. The Balaban J connectivity index is 2.58. The first-order chi connectivity index (χ1) is 6.54. The van der Waals surface area contributed by atoms with E-state index in [0.717, 1.165) is 19.6 Å². The van der Waals surface area contributed by atoms with E-state index in [2.05, 4.69) is 49.6 Å². The third-order valence-corrected chi connectivity index (χ3v) is 3.12. The molecule has 0 aliphatic carbocycles. The third kappa shape index (κ3) is 2.49. The van der Waals surface area contributed by atoms with E-state index in [4.69, 9.17) is 0 Å². The van der Waals surface area contributed by atoms with Gasteiger partial charge in [-0.2, -0.15) is 0 Å². The van der Waals surface area contributed by atoms with E-state index in [1.54, 1.807) is 0 Å². The summed E-state index contributed by atoms with van der Waals surface area (Å²) in [6.45, 7) is 11.8. The van der Waals surface area contributed by atoms with Gasteiger partial charge in [0.15, 0.2) is 0 Å². The van der Waals surface area contributed by atoms with Crippen LogP contribution < -0.4 is 5.32 Å². The van der Waals surface area contributed by atoms with Crippen molar-refractivity contribution in [2.75, 3.05) is 33.7 Å². The van der Waals surface area contributed by atoms with E-state index in [1.807, 2.05) is 0 Å². The molecule has 0 amide bonds. The fraction of sp³-hybridized carbons (Fsp3) is 0.818. The van der Waals surface area contributed by atoms with Crippen LogP contribution in [0.2, 0.25) is 0 Å². The van der Waals surface area contributed by atoms with Crippen molar-refractivity contribution in [3.8, 4) is 0 Å². The monoisotopic (exact) mass is 197 g/mol. The van der Waals surface area contributed by atoms with E-state index in [-0.39, 0.29) is 0 Å². The summed E-state index contributed by atoms with van der Waals surface area (Å²) >= 11 is 0. The molecular formula is C11H23N3. The highest BCUT2D eigenvalue weighted by molar-refractivity contribution is 5.07. The SMILES string of the molecule is C=C(C1CNCCN1C)N(C)C(C)C. The molecule has 0 saturated carbocycles. The van der Waals surface area contributed by atoms with Crippen LogP contribution in [0, 0.1) is 0 Å². The van der Waals surface area contributed by atoms with Gasteiger partial charge in [-0.3, -0.25) is 4.90 Å². The Hall–Kier alpha value is -0.540. The Kier molecular flexibility index (Phi) is 3.96. The summed E-state index contributed by atoms with van der Waals surface area (Å²) in [5.74, 6) is 0. The van der Waals surface area contributed by atoms with Crippen molar-refractivity contribution in [1.29, 1.82) is 0 Å². The zero-order valence-electron chi connectivity index (χ0n) is 9.88. The van der Waals surface area contributed by atoms with Crippen molar-refractivity contribution in [3.05, 3.63) is 12.3 Å². The molecule has 1 fully saturated rings. The maximum Gasteiger partial charge on any atom is 0.0615 e. The van der Waals surface area contributed by atoms with Crippen LogP contribution in [0.5, 0.6) is 0 Å². The van der Waals surface area contributed by atoms with Gasteiger partial charge in [-0.25, -0.2) is 0 Å². The molecule has 0 aromatic carbocycles. The van der Waals surface area contributed by atoms with Gasteiger partial charge in [0.1, 0.15) is 0 Å². The zero-order chi connectivity index (χ0) is 10.7. The minimum atomic E-state index is 0.455. The first-order valence-corrected chi connectivity index (χ1v) is 5.36. The molecule has 1 heterocycles. The van der Waals surface area contributed by atoms with Gasteiger partial charge in [0, 0.05) is 38.4 Å². The van der Waals surface area contributed by atoms with E-state index in [9.17, 15) is 0 Å². The summed E-state index contributed by atoms with van der Waals surface area (Å²) in [6.07, 6.45) is 0. The Morgan fingerprint density at radius 3 is 2.71 bits per heavy atom. The second-order valence-electron chi connectivity index (χ2n) is 4.40. The van der Waals surface area contributed by atoms with Gasteiger partial charge < -0.3 is 10.2 Å². The van der Waals surface area contributed by atoms with Crippen LogP contribution >= 0.6 is 0 Å². The van der Waals surface area contributed by atoms with Crippen molar-refractivity contribution in [3.63, 3.8) is 0 Å². The number of nitrogens with one attached hydrogen (secondary N) is 1. The smallest absolute Gasteiger partial charge is 0.0615 e.